The molecule has 0 aromatic heterocycles. The molecule has 3 aromatic carbocycles. The average molecular weight is 473 g/mol. The largest absolute Gasteiger partial charge is 0.488 e. The predicted molar refractivity (Wildman–Crippen MR) is 137 cm³/mol. The Labute approximate surface area is 207 Å². The number of carbonyl (C=O) groups is 1. The maximum absolute atomic E-state index is 13.3. The molecule has 4 rings (SSSR count). The van der Waals surface area contributed by atoms with Crippen molar-refractivity contribution in [1.29, 1.82) is 0 Å². The number of ketones is 1. The number of aliphatic hydroxyl groups excluding tert-OH is 1. The molecule has 0 amide bonds. The van der Waals surface area contributed by atoms with Gasteiger partial charge in [-0.25, -0.2) is 0 Å². The van der Waals surface area contributed by atoms with Crippen molar-refractivity contribution >= 4 is 11.9 Å². The molecule has 0 saturated carbocycles. The van der Waals surface area contributed by atoms with Crippen LogP contribution >= 0.6 is 0 Å². The SMILES string of the molecule is CC(C)c1ccc(C(=O)COc2c(CO)ccc3c2C=CC(C)(C)O3)c(OCc2ccccc2)c1. The molecule has 5 nitrogen and oxygen atoms in total. The molecule has 1 aliphatic rings. The quantitative estimate of drug-likeness (QED) is 0.369. The first kappa shape index (κ1) is 24.6. The standard InChI is InChI=1S/C30H32O5/c1-20(2)22-10-12-24(28(16-22)33-18-21-8-6-5-7-9-21)26(32)19-34-29-23(17-31)11-13-27-25(29)14-15-30(3,4)35-27/h5-16,20,31H,17-19H2,1-4H3. The Hall–Kier alpha value is -3.57. The second-order valence-electron chi connectivity index (χ2n) is 9.56. The monoisotopic (exact) mass is 472 g/mol. The first-order valence-electron chi connectivity index (χ1n) is 11.9. The lowest BCUT2D eigenvalue weighted by atomic mass is 9.99. The van der Waals surface area contributed by atoms with Gasteiger partial charge in [0.2, 0.25) is 5.78 Å². The molecule has 0 atom stereocenters. The molecule has 0 spiro atoms. The van der Waals surface area contributed by atoms with Gasteiger partial charge in [0.15, 0.2) is 6.61 Å². The summed E-state index contributed by atoms with van der Waals surface area (Å²) in [6.45, 7) is 8.11. The van der Waals surface area contributed by atoms with E-state index in [1.807, 2.05) is 74.5 Å². The molecule has 1 aliphatic heterocycles. The van der Waals surface area contributed by atoms with E-state index in [-0.39, 0.29) is 19.0 Å². The number of Topliss-reactive ketones (excluding diaryl/α,β-unsaturated/α-hetero) is 1. The van der Waals surface area contributed by atoms with Crippen LogP contribution in [0.4, 0.5) is 0 Å². The van der Waals surface area contributed by atoms with Crippen molar-refractivity contribution in [2.45, 2.75) is 52.4 Å². The van der Waals surface area contributed by atoms with Gasteiger partial charge in [-0.1, -0.05) is 50.2 Å². The summed E-state index contributed by atoms with van der Waals surface area (Å²) in [5, 5.41) is 9.86. The number of rotatable bonds is 9. The van der Waals surface area contributed by atoms with Gasteiger partial charge in [0.1, 0.15) is 29.5 Å². The molecule has 35 heavy (non-hydrogen) atoms. The summed E-state index contributed by atoms with van der Waals surface area (Å²) in [6, 6.07) is 19.1. The Kier molecular flexibility index (Phi) is 7.27. The van der Waals surface area contributed by atoms with Crippen LogP contribution in [0.5, 0.6) is 17.2 Å². The predicted octanol–water partition coefficient (Wildman–Crippen LogP) is 6.33. The molecule has 0 radical (unpaired) electrons. The van der Waals surface area contributed by atoms with E-state index < -0.39 is 5.60 Å². The number of hydrogen-bond acceptors (Lipinski definition) is 5. The third-order valence-electron chi connectivity index (χ3n) is 5.99. The van der Waals surface area contributed by atoms with Crippen molar-refractivity contribution in [3.05, 3.63) is 94.6 Å². The Morgan fingerprint density at radius 1 is 1.03 bits per heavy atom. The molecule has 0 saturated heterocycles. The van der Waals surface area contributed by atoms with Crippen LogP contribution in [-0.4, -0.2) is 23.1 Å². The second kappa shape index (κ2) is 10.4. The van der Waals surface area contributed by atoms with E-state index in [1.54, 1.807) is 12.1 Å². The number of ether oxygens (including phenoxy) is 3. The minimum absolute atomic E-state index is 0.191. The summed E-state index contributed by atoms with van der Waals surface area (Å²) in [4.78, 5) is 13.3. The average Bonchev–Trinajstić information content (AvgIpc) is 2.85. The molecule has 3 aromatic rings. The maximum Gasteiger partial charge on any atom is 0.203 e. The Bertz CT molecular complexity index is 1220. The van der Waals surface area contributed by atoms with Crippen LogP contribution in [0.3, 0.4) is 0 Å². The highest BCUT2D eigenvalue weighted by atomic mass is 16.5. The fraction of sp³-hybridized carbons (Fsp3) is 0.300. The fourth-order valence-electron chi connectivity index (χ4n) is 3.97. The molecule has 0 aliphatic carbocycles. The zero-order valence-corrected chi connectivity index (χ0v) is 20.7. The van der Waals surface area contributed by atoms with Crippen LogP contribution in [0.1, 0.15) is 66.2 Å². The topological polar surface area (TPSA) is 65.0 Å². The Balaban J connectivity index is 1.57. The van der Waals surface area contributed by atoms with E-state index >= 15 is 0 Å². The van der Waals surface area contributed by atoms with Crippen molar-refractivity contribution in [3.63, 3.8) is 0 Å². The lowest BCUT2D eigenvalue weighted by Crippen LogP contribution is -2.27. The zero-order valence-electron chi connectivity index (χ0n) is 20.7. The molecule has 1 N–H and O–H groups in total. The van der Waals surface area contributed by atoms with Crippen molar-refractivity contribution < 1.29 is 24.1 Å². The highest BCUT2D eigenvalue weighted by molar-refractivity contribution is 6.00. The molecule has 182 valence electrons. The minimum Gasteiger partial charge on any atom is -0.488 e. The number of carbonyl (C=O) groups excluding carboxylic acids is 1. The first-order valence-corrected chi connectivity index (χ1v) is 11.9. The smallest absolute Gasteiger partial charge is 0.203 e. The highest BCUT2D eigenvalue weighted by Crippen LogP contribution is 2.39. The van der Waals surface area contributed by atoms with Crippen LogP contribution < -0.4 is 14.2 Å². The van der Waals surface area contributed by atoms with Crippen LogP contribution in [0.25, 0.3) is 6.08 Å². The molecule has 0 unspecified atom stereocenters. The number of fused-ring (bicyclic) bond motifs is 1. The van der Waals surface area contributed by atoms with Crippen molar-refractivity contribution in [2.24, 2.45) is 0 Å². The molecule has 0 bridgehead atoms. The van der Waals surface area contributed by atoms with E-state index in [0.717, 1.165) is 16.7 Å². The normalized spacial score (nSPS) is 13.8. The Morgan fingerprint density at radius 3 is 2.51 bits per heavy atom. The van der Waals surface area contributed by atoms with Crippen molar-refractivity contribution in [3.8, 4) is 17.2 Å². The van der Waals surface area contributed by atoms with Gasteiger partial charge in [0.25, 0.3) is 0 Å². The van der Waals surface area contributed by atoms with E-state index in [9.17, 15) is 9.90 Å². The third-order valence-corrected chi connectivity index (χ3v) is 5.99. The van der Waals surface area contributed by atoms with Gasteiger partial charge in [-0.05, 0) is 67.3 Å². The molecule has 5 heteroatoms. The van der Waals surface area contributed by atoms with E-state index in [1.165, 1.54) is 0 Å². The first-order chi connectivity index (χ1) is 16.8. The summed E-state index contributed by atoms with van der Waals surface area (Å²) in [7, 11) is 0. The molecule has 0 fully saturated rings. The minimum atomic E-state index is -0.441. The van der Waals surface area contributed by atoms with Crippen molar-refractivity contribution in [1.82, 2.24) is 0 Å². The molecular weight excluding hydrogens is 440 g/mol. The van der Waals surface area contributed by atoms with Gasteiger partial charge in [-0.3, -0.25) is 4.79 Å². The summed E-state index contributed by atoms with van der Waals surface area (Å²) in [5.41, 5.74) is 3.46. The van der Waals surface area contributed by atoms with Gasteiger partial charge >= 0.3 is 0 Å². The number of hydrogen-bond donors (Lipinski definition) is 1. The summed E-state index contributed by atoms with van der Waals surface area (Å²) >= 11 is 0. The third kappa shape index (κ3) is 5.75. The lowest BCUT2D eigenvalue weighted by molar-refractivity contribution is 0.0913. The number of aliphatic hydroxyl groups is 1. The summed E-state index contributed by atoms with van der Waals surface area (Å²) in [6.07, 6.45) is 3.86. The van der Waals surface area contributed by atoms with Gasteiger partial charge in [-0.2, -0.15) is 0 Å². The molecule has 1 heterocycles. The van der Waals surface area contributed by atoms with E-state index in [0.29, 0.717) is 40.9 Å². The Morgan fingerprint density at radius 2 is 1.80 bits per heavy atom. The van der Waals surface area contributed by atoms with Crippen molar-refractivity contribution in [2.75, 3.05) is 6.61 Å². The summed E-state index contributed by atoms with van der Waals surface area (Å²) < 4.78 is 18.1. The zero-order chi connectivity index (χ0) is 25.0. The molecular formula is C30H32O5. The van der Waals surface area contributed by atoms with Crippen LogP contribution in [0, 0.1) is 0 Å². The van der Waals surface area contributed by atoms with Gasteiger partial charge in [0.05, 0.1) is 17.7 Å². The van der Waals surface area contributed by atoms with E-state index in [4.69, 9.17) is 14.2 Å². The highest BCUT2D eigenvalue weighted by Gasteiger charge is 2.26. The van der Waals surface area contributed by atoms with Gasteiger partial charge < -0.3 is 19.3 Å². The van der Waals surface area contributed by atoms with E-state index in [2.05, 4.69) is 13.8 Å². The van der Waals surface area contributed by atoms with Crippen LogP contribution in [0.2, 0.25) is 0 Å². The fourth-order valence-corrected chi connectivity index (χ4v) is 3.97. The van der Waals surface area contributed by atoms with Crippen LogP contribution in [-0.2, 0) is 13.2 Å². The maximum atomic E-state index is 13.3. The second-order valence-corrected chi connectivity index (χ2v) is 9.56. The van der Waals surface area contributed by atoms with Crippen LogP contribution in [0.15, 0.2) is 66.7 Å². The van der Waals surface area contributed by atoms with Gasteiger partial charge in [-0.15, -0.1) is 0 Å². The van der Waals surface area contributed by atoms with Gasteiger partial charge in [0, 0.05) is 5.56 Å². The number of benzene rings is 3. The summed E-state index contributed by atoms with van der Waals surface area (Å²) in [5.74, 6) is 1.75. The lowest BCUT2D eigenvalue weighted by Gasteiger charge is -2.29.